The van der Waals surface area contributed by atoms with Crippen LogP contribution in [0.4, 0.5) is 0 Å². The van der Waals surface area contributed by atoms with Crippen molar-refractivity contribution in [3.63, 3.8) is 0 Å². The molecule has 6 nitrogen and oxygen atoms in total. The molecule has 0 spiro atoms. The molecule has 0 heterocycles. The van der Waals surface area contributed by atoms with Gasteiger partial charge in [-0.25, -0.2) is 4.79 Å². The lowest BCUT2D eigenvalue weighted by molar-refractivity contribution is 0.0693. The van der Waals surface area contributed by atoms with Gasteiger partial charge in [-0.15, -0.1) is 0 Å². The first-order valence-corrected chi connectivity index (χ1v) is 6.35. The van der Waals surface area contributed by atoms with Gasteiger partial charge in [0.1, 0.15) is 17.1 Å². The molecule has 3 N–H and O–H groups in total. The Labute approximate surface area is 124 Å². The van der Waals surface area contributed by atoms with Crippen LogP contribution in [0.15, 0.2) is 24.3 Å². The molecule has 1 aliphatic rings. The zero-order valence-electron chi connectivity index (χ0n) is 11.4. The number of phenols is 2. The van der Waals surface area contributed by atoms with Gasteiger partial charge in [-0.1, -0.05) is 12.1 Å². The van der Waals surface area contributed by atoms with Gasteiger partial charge in [0, 0.05) is 22.3 Å². The molecule has 3 rings (SSSR count). The predicted molar refractivity (Wildman–Crippen MR) is 74.8 cm³/mol. The second-order valence-electron chi connectivity index (χ2n) is 4.98. The lowest BCUT2D eigenvalue weighted by Crippen LogP contribution is -2.23. The number of carbonyl (C=O) groups excluding carboxylic acids is 2. The summed E-state index contributed by atoms with van der Waals surface area (Å²) in [6, 6.07) is 5.10. The van der Waals surface area contributed by atoms with E-state index >= 15 is 0 Å². The van der Waals surface area contributed by atoms with Crippen molar-refractivity contribution in [1.29, 1.82) is 0 Å². The largest absolute Gasteiger partial charge is 0.507 e. The summed E-state index contributed by atoms with van der Waals surface area (Å²) < 4.78 is 0. The maximum Gasteiger partial charge on any atom is 0.339 e. The van der Waals surface area contributed by atoms with E-state index in [1.165, 1.54) is 25.1 Å². The third-order valence-corrected chi connectivity index (χ3v) is 3.76. The Morgan fingerprint density at radius 2 is 1.68 bits per heavy atom. The summed E-state index contributed by atoms with van der Waals surface area (Å²) in [6.45, 7) is 1.36. The number of ketones is 2. The molecule has 0 aliphatic heterocycles. The van der Waals surface area contributed by atoms with Gasteiger partial charge in [0.05, 0.1) is 5.56 Å². The Balaban J connectivity index is 2.40. The molecule has 2 aromatic rings. The van der Waals surface area contributed by atoms with Crippen LogP contribution in [0.2, 0.25) is 0 Å². The lowest BCUT2D eigenvalue weighted by atomic mass is 9.80. The summed E-state index contributed by atoms with van der Waals surface area (Å²) in [5.41, 5.74) is -0.732. The van der Waals surface area contributed by atoms with Crippen LogP contribution < -0.4 is 0 Å². The van der Waals surface area contributed by atoms with E-state index in [0.29, 0.717) is 0 Å². The summed E-state index contributed by atoms with van der Waals surface area (Å²) >= 11 is 0. The van der Waals surface area contributed by atoms with Crippen LogP contribution >= 0.6 is 0 Å². The van der Waals surface area contributed by atoms with Crippen molar-refractivity contribution in [3.8, 4) is 11.5 Å². The molecule has 1 aliphatic carbocycles. The summed E-state index contributed by atoms with van der Waals surface area (Å²) in [4.78, 5) is 36.2. The maximum absolute atomic E-state index is 12.6. The van der Waals surface area contributed by atoms with Gasteiger partial charge in [-0.2, -0.15) is 0 Å². The highest BCUT2D eigenvalue weighted by molar-refractivity contribution is 6.30. The summed E-state index contributed by atoms with van der Waals surface area (Å²) in [6.07, 6.45) is 0. The van der Waals surface area contributed by atoms with Gasteiger partial charge in [-0.3, -0.25) is 9.59 Å². The van der Waals surface area contributed by atoms with Gasteiger partial charge in [0.15, 0.2) is 11.6 Å². The monoisotopic (exact) mass is 298 g/mol. The minimum atomic E-state index is -1.40. The molecule has 2 aromatic carbocycles. The van der Waals surface area contributed by atoms with Crippen LogP contribution in [0.5, 0.6) is 11.5 Å². The first-order chi connectivity index (χ1) is 10.3. The Morgan fingerprint density at radius 3 is 2.32 bits per heavy atom. The van der Waals surface area contributed by atoms with E-state index in [0.717, 1.165) is 6.07 Å². The molecule has 22 heavy (non-hydrogen) atoms. The van der Waals surface area contributed by atoms with E-state index in [1.807, 2.05) is 0 Å². The van der Waals surface area contributed by atoms with Gasteiger partial charge < -0.3 is 15.3 Å². The van der Waals surface area contributed by atoms with Crippen LogP contribution in [0.1, 0.15) is 47.8 Å². The second kappa shape index (κ2) is 4.42. The fraction of sp³-hybridized carbons (Fsp3) is 0.0625. The van der Waals surface area contributed by atoms with Gasteiger partial charge in [0.25, 0.3) is 0 Å². The summed E-state index contributed by atoms with van der Waals surface area (Å²) in [5.74, 6) is -3.47. The molecule has 6 heteroatoms. The van der Waals surface area contributed by atoms with Crippen LogP contribution in [0.25, 0.3) is 0 Å². The highest BCUT2D eigenvalue weighted by atomic mass is 16.4. The molecule has 0 saturated heterocycles. The van der Waals surface area contributed by atoms with Crippen molar-refractivity contribution in [2.75, 3.05) is 0 Å². The van der Waals surface area contributed by atoms with E-state index in [1.54, 1.807) is 0 Å². The molecule has 0 fully saturated rings. The number of aromatic carboxylic acids is 1. The highest BCUT2D eigenvalue weighted by Crippen LogP contribution is 2.38. The van der Waals surface area contributed by atoms with Gasteiger partial charge in [-0.05, 0) is 19.1 Å². The molecule has 0 atom stereocenters. The third kappa shape index (κ3) is 1.64. The Bertz CT molecular complexity index is 879. The minimum absolute atomic E-state index is 0.00199. The number of rotatable bonds is 1. The normalized spacial score (nSPS) is 12.8. The molecule has 0 radical (unpaired) electrons. The van der Waals surface area contributed by atoms with Crippen molar-refractivity contribution in [1.82, 2.24) is 0 Å². The highest BCUT2D eigenvalue weighted by Gasteiger charge is 2.35. The smallest absolute Gasteiger partial charge is 0.339 e. The average Bonchev–Trinajstić information content (AvgIpc) is 2.46. The predicted octanol–water partition coefficient (Wildman–Crippen LogP) is 1.88. The lowest BCUT2D eigenvalue weighted by Gasteiger charge is -2.21. The summed E-state index contributed by atoms with van der Waals surface area (Å²) in [7, 11) is 0. The van der Waals surface area contributed by atoms with Crippen LogP contribution in [-0.2, 0) is 0 Å². The first kappa shape index (κ1) is 13.8. The molecule has 110 valence electrons. The quantitative estimate of drug-likeness (QED) is 0.632. The van der Waals surface area contributed by atoms with Crippen LogP contribution in [0, 0.1) is 6.92 Å². The third-order valence-electron chi connectivity index (χ3n) is 3.76. The molecular formula is C16H10O6. The summed E-state index contributed by atoms with van der Waals surface area (Å²) in [5, 5.41) is 28.9. The zero-order chi connectivity index (χ0) is 16.2. The van der Waals surface area contributed by atoms with Gasteiger partial charge >= 0.3 is 5.97 Å². The number of carboxylic acids is 1. The Kier molecular flexibility index (Phi) is 2.78. The van der Waals surface area contributed by atoms with Crippen molar-refractivity contribution >= 4 is 17.5 Å². The zero-order valence-corrected chi connectivity index (χ0v) is 11.4. The number of hydrogen-bond donors (Lipinski definition) is 3. The number of hydrogen-bond acceptors (Lipinski definition) is 5. The topological polar surface area (TPSA) is 112 Å². The number of benzene rings is 2. The van der Waals surface area contributed by atoms with E-state index < -0.39 is 28.8 Å². The minimum Gasteiger partial charge on any atom is -0.507 e. The van der Waals surface area contributed by atoms with E-state index in [-0.39, 0.29) is 33.6 Å². The second-order valence-corrected chi connectivity index (χ2v) is 4.98. The molecule has 0 amide bonds. The Morgan fingerprint density at radius 1 is 1.00 bits per heavy atom. The van der Waals surface area contributed by atoms with Crippen molar-refractivity contribution in [2.24, 2.45) is 0 Å². The van der Waals surface area contributed by atoms with E-state index in [9.17, 15) is 24.6 Å². The van der Waals surface area contributed by atoms with Crippen molar-refractivity contribution in [2.45, 2.75) is 6.92 Å². The van der Waals surface area contributed by atoms with Crippen LogP contribution in [0.3, 0.4) is 0 Å². The van der Waals surface area contributed by atoms with E-state index in [2.05, 4.69) is 0 Å². The Hall–Kier alpha value is -3.15. The first-order valence-electron chi connectivity index (χ1n) is 6.35. The number of phenolic OH excluding ortho intramolecular Hbond substituents is 1. The molecular weight excluding hydrogens is 288 g/mol. The van der Waals surface area contributed by atoms with Crippen molar-refractivity contribution in [3.05, 3.63) is 57.6 Å². The number of carboxylic acid groups (broad SMARTS) is 1. The molecule has 0 aromatic heterocycles. The number of fused-ring (bicyclic) bond motifs is 2. The van der Waals surface area contributed by atoms with E-state index in [4.69, 9.17) is 5.11 Å². The fourth-order valence-electron chi connectivity index (χ4n) is 2.68. The molecule has 0 saturated carbocycles. The van der Waals surface area contributed by atoms with Crippen molar-refractivity contribution < 1.29 is 29.7 Å². The van der Waals surface area contributed by atoms with Gasteiger partial charge in [0.2, 0.25) is 0 Å². The number of aromatic hydroxyl groups is 2. The maximum atomic E-state index is 12.6. The van der Waals surface area contributed by atoms with Crippen LogP contribution in [-0.4, -0.2) is 32.9 Å². The SMILES string of the molecule is Cc1c(O)c(C(=O)O)cc2c1C(=O)c1c(O)cccc1C2=O. The standard InChI is InChI=1S/C16H10O6/c1-6-11-8(5-9(13(6)18)16(21)22)14(19)7-3-2-4-10(17)12(7)15(11)20/h2-5,17-18H,1H3,(H,21,22). The average molecular weight is 298 g/mol. The molecule has 0 bridgehead atoms. The molecule has 0 unspecified atom stereocenters. The fourth-order valence-corrected chi connectivity index (χ4v) is 2.68. The number of carbonyl (C=O) groups is 3.